The Bertz CT molecular complexity index is 137. The van der Waals surface area contributed by atoms with E-state index in [4.69, 9.17) is 0 Å². The zero-order valence-electron chi connectivity index (χ0n) is 11.8. The van der Waals surface area contributed by atoms with Crippen LogP contribution in [0.4, 0.5) is 0 Å². The van der Waals surface area contributed by atoms with Crippen LogP contribution in [-0.4, -0.2) is 0 Å². The summed E-state index contributed by atoms with van der Waals surface area (Å²) in [4.78, 5) is 0. The first-order chi connectivity index (χ1) is 7.01. The van der Waals surface area contributed by atoms with Gasteiger partial charge in [-0.05, 0) is 36.5 Å². The highest BCUT2D eigenvalue weighted by Crippen LogP contribution is 2.29. The molecule has 0 aromatic carbocycles. The van der Waals surface area contributed by atoms with Crippen LogP contribution in [0.2, 0.25) is 0 Å². The van der Waals surface area contributed by atoms with Crippen molar-refractivity contribution in [2.45, 2.75) is 73.6 Å². The molecule has 3 unspecified atom stereocenters. The highest BCUT2D eigenvalue weighted by Gasteiger charge is 2.18. The van der Waals surface area contributed by atoms with E-state index in [2.05, 4.69) is 41.5 Å². The largest absolute Gasteiger partial charge is 0.0654 e. The summed E-state index contributed by atoms with van der Waals surface area (Å²) in [6, 6.07) is 0. The van der Waals surface area contributed by atoms with Gasteiger partial charge in [0.25, 0.3) is 0 Å². The highest BCUT2D eigenvalue weighted by atomic mass is 14.2. The maximum atomic E-state index is 2.43. The van der Waals surface area contributed by atoms with E-state index in [1.54, 1.807) is 0 Å². The van der Waals surface area contributed by atoms with E-state index in [1.165, 1.54) is 32.1 Å². The van der Waals surface area contributed by atoms with Crippen molar-refractivity contribution in [1.82, 2.24) is 0 Å². The van der Waals surface area contributed by atoms with Gasteiger partial charge in [-0.1, -0.05) is 60.8 Å². The van der Waals surface area contributed by atoms with Crippen LogP contribution in [0.25, 0.3) is 0 Å². The highest BCUT2D eigenvalue weighted by molar-refractivity contribution is 4.69. The van der Waals surface area contributed by atoms with Crippen LogP contribution in [-0.2, 0) is 0 Å². The molecule has 0 spiro atoms. The zero-order valence-corrected chi connectivity index (χ0v) is 11.8. The van der Waals surface area contributed by atoms with Crippen LogP contribution in [0.1, 0.15) is 73.6 Å². The lowest BCUT2D eigenvalue weighted by Crippen LogP contribution is -2.16. The average molecular weight is 212 g/mol. The minimum atomic E-state index is 0.860. The third-order valence-electron chi connectivity index (χ3n) is 3.83. The standard InChI is InChI=1S/C15H32/c1-7-9-14(6)11-15(12(3)4)10-13(5)8-2/h12-15H,7-11H2,1-6H3. The van der Waals surface area contributed by atoms with Gasteiger partial charge in [-0.3, -0.25) is 0 Å². The molecule has 0 nitrogen and oxygen atoms in total. The quantitative estimate of drug-likeness (QED) is 0.497. The number of hydrogen-bond acceptors (Lipinski definition) is 0. The Hall–Kier alpha value is 0. The summed E-state index contributed by atoms with van der Waals surface area (Å²) in [5.41, 5.74) is 0. The van der Waals surface area contributed by atoms with Gasteiger partial charge in [-0.2, -0.15) is 0 Å². The fourth-order valence-corrected chi connectivity index (χ4v) is 2.45. The first kappa shape index (κ1) is 15.0. The monoisotopic (exact) mass is 212 g/mol. The van der Waals surface area contributed by atoms with Crippen molar-refractivity contribution < 1.29 is 0 Å². The van der Waals surface area contributed by atoms with Gasteiger partial charge >= 0.3 is 0 Å². The van der Waals surface area contributed by atoms with Crippen LogP contribution >= 0.6 is 0 Å². The topological polar surface area (TPSA) is 0 Å². The molecule has 0 aliphatic rings. The van der Waals surface area contributed by atoms with E-state index >= 15 is 0 Å². The molecular formula is C15H32. The van der Waals surface area contributed by atoms with Crippen molar-refractivity contribution in [2.75, 3.05) is 0 Å². The predicted molar refractivity (Wildman–Crippen MR) is 71.1 cm³/mol. The maximum absolute atomic E-state index is 2.43. The van der Waals surface area contributed by atoms with Crippen LogP contribution in [0.5, 0.6) is 0 Å². The molecule has 15 heavy (non-hydrogen) atoms. The lowest BCUT2D eigenvalue weighted by molar-refractivity contribution is 0.246. The molecule has 0 amide bonds. The van der Waals surface area contributed by atoms with Crippen LogP contribution in [0.3, 0.4) is 0 Å². The predicted octanol–water partition coefficient (Wildman–Crippen LogP) is 5.52. The second kappa shape index (κ2) is 8.19. The SMILES string of the molecule is CCCC(C)CC(CC(C)CC)C(C)C. The lowest BCUT2D eigenvalue weighted by atomic mass is 9.79. The Balaban J connectivity index is 4.03. The van der Waals surface area contributed by atoms with E-state index < -0.39 is 0 Å². The Kier molecular flexibility index (Phi) is 8.19. The maximum Gasteiger partial charge on any atom is -0.0386 e. The molecule has 0 saturated carbocycles. The van der Waals surface area contributed by atoms with E-state index in [-0.39, 0.29) is 0 Å². The average Bonchev–Trinajstić information content (AvgIpc) is 2.16. The zero-order chi connectivity index (χ0) is 11.8. The summed E-state index contributed by atoms with van der Waals surface area (Å²) in [5, 5.41) is 0. The molecule has 92 valence electrons. The molecule has 0 rings (SSSR count). The van der Waals surface area contributed by atoms with Crippen molar-refractivity contribution in [3.63, 3.8) is 0 Å². The fourth-order valence-electron chi connectivity index (χ4n) is 2.45. The van der Waals surface area contributed by atoms with Gasteiger partial charge in [0.15, 0.2) is 0 Å². The van der Waals surface area contributed by atoms with Crippen molar-refractivity contribution in [2.24, 2.45) is 23.7 Å². The minimum absolute atomic E-state index is 0.860. The Morgan fingerprint density at radius 2 is 1.33 bits per heavy atom. The number of hydrogen-bond donors (Lipinski definition) is 0. The third-order valence-corrected chi connectivity index (χ3v) is 3.83. The van der Waals surface area contributed by atoms with Crippen molar-refractivity contribution in [1.29, 1.82) is 0 Å². The molecule has 0 aliphatic carbocycles. The van der Waals surface area contributed by atoms with Gasteiger partial charge < -0.3 is 0 Å². The van der Waals surface area contributed by atoms with Gasteiger partial charge in [0.05, 0.1) is 0 Å². The smallest absolute Gasteiger partial charge is 0.0386 e. The van der Waals surface area contributed by atoms with Crippen molar-refractivity contribution in [3.8, 4) is 0 Å². The van der Waals surface area contributed by atoms with Gasteiger partial charge in [-0.15, -0.1) is 0 Å². The van der Waals surface area contributed by atoms with Crippen LogP contribution in [0, 0.1) is 23.7 Å². The summed E-state index contributed by atoms with van der Waals surface area (Å²) in [7, 11) is 0. The molecule has 0 aromatic heterocycles. The normalized spacial score (nSPS) is 17.8. The van der Waals surface area contributed by atoms with Crippen LogP contribution in [0.15, 0.2) is 0 Å². The molecule has 0 fully saturated rings. The second-order valence-electron chi connectivity index (χ2n) is 5.88. The van der Waals surface area contributed by atoms with Gasteiger partial charge in [0.1, 0.15) is 0 Å². The Morgan fingerprint density at radius 1 is 0.800 bits per heavy atom. The molecule has 0 heteroatoms. The van der Waals surface area contributed by atoms with Gasteiger partial charge in [0.2, 0.25) is 0 Å². The molecule has 0 aromatic rings. The molecule has 0 N–H and O–H groups in total. The fraction of sp³-hybridized carbons (Fsp3) is 1.00. The van der Waals surface area contributed by atoms with E-state index in [9.17, 15) is 0 Å². The minimum Gasteiger partial charge on any atom is -0.0654 e. The van der Waals surface area contributed by atoms with E-state index in [1.807, 2.05) is 0 Å². The summed E-state index contributed by atoms with van der Waals surface area (Å²) >= 11 is 0. The molecule has 0 aliphatic heterocycles. The van der Waals surface area contributed by atoms with E-state index in [0.29, 0.717) is 0 Å². The summed E-state index contributed by atoms with van der Waals surface area (Å²) in [5.74, 6) is 3.64. The first-order valence-corrected chi connectivity index (χ1v) is 7.01. The molecule has 0 radical (unpaired) electrons. The van der Waals surface area contributed by atoms with E-state index in [0.717, 1.165) is 23.7 Å². The Labute approximate surface area is 97.8 Å². The van der Waals surface area contributed by atoms with Crippen molar-refractivity contribution in [3.05, 3.63) is 0 Å². The summed E-state index contributed by atoms with van der Waals surface area (Å²) < 4.78 is 0. The molecule has 0 bridgehead atoms. The number of rotatable bonds is 8. The Morgan fingerprint density at radius 3 is 1.73 bits per heavy atom. The molecular weight excluding hydrogens is 180 g/mol. The van der Waals surface area contributed by atoms with Crippen LogP contribution < -0.4 is 0 Å². The molecule has 0 saturated heterocycles. The first-order valence-electron chi connectivity index (χ1n) is 7.01. The summed E-state index contributed by atoms with van der Waals surface area (Å²) in [6.45, 7) is 14.2. The van der Waals surface area contributed by atoms with Gasteiger partial charge in [0, 0.05) is 0 Å². The van der Waals surface area contributed by atoms with Crippen molar-refractivity contribution >= 4 is 0 Å². The third kappa shape index (κ3) is 6.98. The molecule has 0 heterocycles. The molecule has 3 atom stereocenters. The lowest BCUT2D eigenvalue weighted by Gasteiger charge is -2.26. The second-order valence-corrected chi connectivity index (χ2v) is 5.88. The van der Waals surface area contributed by atoms with Gasteiger partial charge in [-0.25, -0.2) is 0 Å². The summed E-state index contributed by atoms with van der Waals surface area (Å²) in [6.07, 6.45) is 6.96.